The van der Waals surface area contributed by atoms with Gasteiger partial charge in [-0.3, -0.25) is 9.59 Å². The van der Waals surface area contributed by atoms with Crippen molar-refractivity contribution < 1.29 is 14.3 Å². The first-order valence-electron chi connectivity index (χ1n) is 8.78. The highest BCUT2D eigenvalue weighted by atomic mass is 16.6. The standard InChI is InChI=1S/C20H28O3/c1-12(2)18-16(22)11-19(5)10-15(21)14(4)8-6-7-13(3)9-17-20(18,19)23-17/h7,12,17-18H,4,6,8-11H2,1-3,5H3. The number of epoxide rings is 1. The van der Waals surface area contributed by atoms with E-state index in [-0.39, 0.29) is 29.5 Å². The van der Waals surface area contributed by atoms with Gasteiger partial charge >= 0.3 is 0 Å². The van der Waals surface area contributed by atoms with E-state index < -0.39 is 11.0 Å². The fourth-order valence-corrected chi connectivity index (χ4v) is 5.00. The number of ether oxygens (including phenoxy) is 1. The summed E-state index contributed by atoms with van der Waals surface area (Å²) in [7, 11) is 0. The van der Waals surface area contributed by atoms with Crippen LogP contribution in [-0.4, -0.2) is 23.3 Å². The van der Waals surface area contributed by atoms with Crippen LogP contribution in [-0.2, 0) is 14.3 Å². The van der Waals surface area contributed by atoms with Crippen molar-refractivity contribution in [2.24, 2.45) is 17.3 Å². The van der Waals surface area contributed by atoms with Gasteiger partial charge in [0.15, 0.2) is 5.78 Å². The largest absolute Gasteiger partial charge is 0.364 e. The molecule has 1 heterocycles. The van der Waals surface area contributed by atoms with Crippen LogP contribution in [0, 0.1) is 17.3 Å². The van der Waals surface area contributed by atoms with Gasteiger partial charge in [-0.2, -0.15) is 0 Å². The van der Waals surface area contributed by atoms with Crippen LogP contribution in [0.2, 0.25) is 0 Å². The maximum absolute atomic E-state index is 12.7. The van der Waals surface area contributed by atoms with Crippen molar-refractivity contribution >= 4 is 11.6 Å². The Morgan fingerprint density at radius 1 is 1.30 bits per heavy atom. The average molecular weight is 316 g/mol. The Bertz CT molecular complexity index is 600. The summed E-state index contributed by atoms with van der Waals surface area (Å²) < 4.78 is 6.26. The van der Waals surface area contributed by atoms with Crippen molar-refractivity contribution in [3.63, 3.8) is 0 Å². The van der Waals surface area contributed by atoms with Crippen LogP contribution in [0.15, 0.2) is 23.8 Å². The van der Waals surface area contributed by atoms with Crippen LogP contribution in [0.5, 0.6) is 0 Å². The molecule has 3 heteroatoms. The van der Waals surface area contributed by atoms with Gasteiger partial charge in [-0.15, -0.1) is 0 Å². The number of hydrogen-bond donors (Lipinski definition) is 0. The zero-order valence-corrected chi connectivity index (χ0v) is 14.8. The first kappa shape index (κ1) is 16.6. The van der Waals surface area contributed by atoms with E-state index in [1.807, 2.05) is 0 Å². The number of ketones is 2. The van der Waals surface area contributed by atoms with E-state index in [2.05, 4.69) is 40.3 Å². The smallest absolute Gasteiger partial charge is 0.158 e. The lowest BCUT2D eigenvalue weighted by molar-refractivity contribution is -0.122. The predicted molar refractivity (Wildman–Crippen MR) is 90.0 cm³/mol. The van der Waals surface area contributed by atoms with Crippen molar-refractivity contribution in [1.29, 1.82) is 0 Å². The van der Waals surface area contributed by atoms with Gasteiger partial charge in [0.2, 0.25) is 0 Å². The second-order valence-corrected chi connectivity index (χ2v) is 8.32. The second kappa shape index (κ2) is 5.41. The number of carbonyl (C=O) groups excluding carboxylic acids is 2. The topological polar surface area (TPSA) is 46.7 Å². The van der Waals surface area contributed by atoms with Crippen LogP contribution in [0.25, 0.3) is 0 Å². The monoisotopic (exact) mass is 316 g/mol. The molecule has 4 atom stereocenters. The third-order valence-corrected chi connectivity index (χ3v) is 6.13. The molecule has 1 saturated heterocycles. The molecule has 0 amide bonds. The summed E-state index contributed by atoms with van der Waals surface area (Å²) in [6, 6.07) is 0. The molecule has 0 radical (unpaired) electrons. The molecule has 3 aliphatic rings. The fourth-order valence-electron chi connectivity index (χ4n) is 5.00. The van der Waals surface area contributed by atoms with Gasteiger partial charge in [0.05, 0.1) is 12.0 Å². The SMILES string of the molecule is C=C1CCC=C(C)CC2OC23C(C(C)C)C(=O)CC3(C)CC1=O. The summed E-state index contributed by atoms with van der Waals surface area (Å²) in [5.74, 6) is 0.516. The van der Waals surface area contributed by atoms with Crippen molar-refractivity contribution in [2.45, 2.75) is 71.5 Å². The fraction of sp³-hybridized carbons (Fsp3) is 0.700. The number of allylic oxidation sites excluding steroid dienone is 2. The maximum atomic E-state index is 12.7. The first-order valence-corrected chi connectivity index (χ1v) is 8.78. The molecular formula is C20H28O3. The molecule has 126 valence electrons. The van der Waals surface area contributed by atoms with E-state index in [1.165, 1.54) is 5.57 Å². The summed E-state index contributed by atoms with van der Waals surface area (Å²) >= 11 is 0. The summed E-state index contributed by atoms with van der Waals surface area (Å²) in [6.07, 6.45) is 5.54. The van der Waals surface area contributed by atoms with Crippen LogP contribution in [0.3, 0.4) is 0 Å². The van der Waals surface area contributed by atoms with Crippen molar-refractivity contribution in [1.82, 2.24) is 0 Å². The summed E-state index contributed by atoms with van der Waals surface area (Å²) in [5.41, 5.74) is 1.13. The van der Waals surface area contributed by atoms with Gasteiger partial charge in [-0.25, -0.2) is 0 Å². The van der Waals surface area contributed by atoms with Crippen LogP contribution in [0.1, 0.15) is 59.8 Å². The highest BCUT2D eigenvalue weighted by molar-refractivity contribution is 5.97. The molecule has 4 unspecified atom stereocenters. The lowest BCUT2D eigenvalue weighted by atomic mass is 9.68. The number of rotatable bonds is 1. The summed E-state index contributed by atoms with van der Waals surface area (Å²) in [5, 5.41) is 0. The van der Waals surface area contributed by atoms with Crippen LogP contribution in [0.4, 0.5) is 0 Å². The molecule has 1 spiro atoms. The number of Topliss-reactive ketones (excluding diaryl/α,β-unsaturated/α-hetero) is 2. The minimum absolute atomic E-state index is 0.0711. The van der Waals surface area contributed by atoms with E-state index in [1.54, 1.807) is 0 Å². The number of carbonyl (C=O) groups is 2. The second-order valence-electron chi connectivity index (χ2n) is 8.32. The van der Waals surface area contributed by atoms with E-state index in [9.17, 15) is 9.59 Å². The van der Waals surface area contributed by atoms with Gasteiger partial charge in [0, 0.05) is 18.3 Å². The van der Waals surface area contributed by atoms with Gasteiger partial charge < -0.3 is 4.74 Å². The zero-order valence-electron chi connectivity index (χ0n) is 14.8. The normalized spacial score (nSPS) is 41.3. The van der Waals surface area contributed by atoms with Crippen LogP contribution >= 0.6 is 0 Å². The van der Waals surface area contributed by atoms with Gasteiger partial charge in [0.25, 0.3) is 0 Å². The Labute approximate surface area is 139 Å². The number of hydrogen-bond acceptors (Lipinski definition) is 3. The highest BCUT2D eigenvalue weighted by Gasteiger charge is 2.76. The highest BCUT2D eigenvalue weighted by Crippen LogP contribution is 2.66. The molecule has 0 N–H and O–H groups in total. The van der Waals surface area contributed by atoms with Gasteiger partial charge in [-0.1, -0.05) is 39.0 Å². The van der Waals surface area contributed by atoms with E-state index in [4.69, 9.17) is 4.74 Å². The van der Waals surface area contributed by atoms with Crippen molar-refractivity contribution in [3.05, 3.63) is 23.8 Å². The molecule has 2 aliphatic carbocycles. The molecule has 1 saturated carbocycles. The third-order valence-electron chi connectivity index (χ3n) is 6.13. The average Bonchev–Trinajstić information content (AvgIpc) is 3.06. The Morgan fingerprint density at radius 2 is 2.00 bits per heavy atom. The van der Waals surface area contributed by atoms with Crippen LogP contribution < -0.4 is 0 Å². The van der Waals surface area contributed by atoms with Gasteiger partial charge in [0.1, 0.15) is 11.4 Å². The molecule has 3 nitrogen and oxygen atoms in total. The quantitative estimate of drug-likeness (QED) is 0.417. The van der Waals surface area contributed by atoms with E-state index in [0.29, 0.717) is 24.8 Å². The molecule has 0 aromatic heterocycles. The molecule has 3 rings (SSSR count). The molecule has 2 fully saturated rings. The van der Waals surface area contributed by atoms with E-state index in [0.717, 1.165) is 12.8 Å². The molecule has 0 aromatic rings. The van der Waals surface area contributed by atoms with Crippen molar-refractivity contribution in [3.8, 4) is 0 Å². The molecule has 23 heavy (non-hydrogen) atoms. The lowest BCUT2D eigenvalue weighted by Crippen LogP contribution is -2.41. The summed E-state index contributed by atoms with van der Waals surface area (Å²) in [6.45, 7) is 12.4. The zero-order chi connectivity index (χ0) is 17.0. The lowest BCUT2D eigenvalue weighted by Gasteiger charge is -2.32. The molecule has 1 aliphatic heterocycles. The maximum Gasteiger partial charge on any atom is 0.158 e. The Kier molecular flexibility index (Phi) is 3.91. The minimum atomic E-state index is -0.451. The summed E-state index contributed by atoms with van der Waals surface area (Å²) in [4.78, 5) is 25.4. The van der Waals surface area contributed by atoms with Crippen molar-refractivity contribution in [2.75, 3.05) is 0 Å². The predicted octanol–water partition coefficient (Wildman–Crippen LogP) is 4.02. The Hall–Kier alpha value is -1.22. The molecule has 0 aromatic carbocycles. The first-order chi connectivity index (χ1) is 10.7. The Morgan fingerprint density at radius 3 is 2.65 bits per heavy atom. The minimum Gasteiger partial charge on any atom is -0.364 e. The van der Waals surface area contributed by atoms with Gasteiger partial charge in [-0.05, 0) is 37.7 Å². The molecule has 0 bridgehead atoms. The third kappa shape index (κ3) is 2.44. The molecular weight excluding hydrogens is 288 g/mol. The Balaban J connectivity index is 2.03. The van der Waals surface area contributed by atoms with E-state index >= 15 is 0 Å².